The van der Waals surface area contributed by atoms with E-state index in [0.717, 1.165) is 10.4 Å². The molecule has 0 unspecified atom stereocenters. The van der Waals surface area contributed by atoms with Gasteiger partial charge in [0.15, 0.2) is 5.76 Å². The minimum absolute atomic E-state index is 0.238. The Bertz CT molecular complexity index is 718. The molecular weight excluding hydrogens is 292 g/mol. The van der Waals surface area contributed by atoms with Crippen molar-refractivity contribution in [3.05, 3.63) is 53.5 Å². The fraction of sp³-hybridized carbons (Fsp3) is 0.143. The lowest BCUT2D eigenvalue weighted by Crippen LogP contribution is -1.99. The summed E-state index contributed by atoms with van der Waals surface area (Å²) in [4.78, 5) is 9.35. The number of pyridine rings is 1. The molecule has 20 heavy (non-hydrogen) atoms. The van der Waals surface area contributed by atoms with E-state index in [0.29, 0.717) is 16.7 Å². The van der Waals surface area contributed by atoms with Crippen molar-refractivity contribution in [3.8, 4) is 10.6 Å². The minimum atomic E-state index is -1.24. The van der Waals surface area contributed by atoms with E-state index in [1.807, 2.05) is 30.5 Å². The Hall–Kier alpha value is -1.79. The standard InChI is InChI=1S/C14H12N2O2S2/c1-10-4-5-14(16-7-10)20(17)9-13-15-8-11(18-13)12-3-2-6-19-12/h2-8H,9H2,1H3/t20-/m0/s1. The van der Waals surface area contributed by atoms with Crippen molar-refractivity contribution in [1.82, 2.24) is 9.97 Å². The van der Waals surface area contributed by atoms with Crippen molar-refractivity contribution in [2.24, 2.45) is 0 Å². The largest absolute Gasteiger partial charge is 0.439 e. The lowest BCUT2D eigenvalue weighted by molar-refractivity contribution is 0.528. The molecule has 1 atom stereocenters. The second kappa shape index (κ2) is 5.68. The molecule has 0 saturated carbocycles. The Labute approximate surface area is 123 Å². The molecule has 0 amide bonds. The van der Waals surface area contributed by atoms with Gasteiger partial charge in [0, 0.05) is 6.20 Å². The van der Waals surface area contributed by atoms with Crippen LogP contribution in [0.4, 0.5) is 0 Å². The van der Waals surface area contributed by atoms with Gasteiger partial charge in [-0.05, 0) is 30.0 Å². The van der Waals surface area contributed by atoms with Crippen LogP contribution in [0.1, 0.15) is 11.5 Å². The second-order valence-corrected chi connectivity index (χ2v) is 6.60. The third kappa shape index (κ3) is 2.86. The van der Waals surface area contributed by atoms with Gasteiger partial charge in [-0.2, -0.15) is 0 Å². The van der Waals surface area contributed by atoms with Crippen LogP contribution in [0.3, 0.4) is 0 Å². The van der Waals surface area contributed by atoms with Crippen LogP contribution in [0.15, 0.2) is 51.5 Å². The molecule has 0 aliphatic carbocycles. The van der Waals surface area contributed by atoms with Gasteiger partial charge in [-0.3, -0.25) is 4.21 Å². The van der Waals surface area contributed by atoms with Gasteiger partial charge in [-0.25, -0.2) is 9.97 Å². The van der Waals surface area contributed by atoms with E-state index in [1.165, 1.54) is 0 Å². The van der Waals surface area contributed by atoms with Gasteiger partial charge in [-0.15, -0.1) is 11.3 Å². The maximum atomic E-state index is 12.2. The molecule has 0 fully saturated rings. The van der Waals surface area contributed by atoms with Crippen molar-refractivity contribution >= 4 is 22.1 Å². The van der Waals surface area contributed by atoms with Gasteiger partial charge in [0.25, 0.3) is 0 Å². The molecule has 4 nitrogen and oxygen atoms in total. The van der Waals surface area contributed by atoms with E-state index in [9.17, 15) is 4.21 Å². The topological polar surface area (TPSA) is 56.0 Å². The zero-order chi connectivity index (χ0) is 13.9. The van der Waals surface area contributed by atoms with Crippen LogP contribution in [0.25, 0.3) is 10.6 Å². The first-order valence-corrected chi connectivity index (χ1v) is 8.22. The molecule has 0 spiro atoms. The lowest BCUT2D eigenvalue weighted by Gasteiger charge is -1.99. The van der Waals surface area contributed by atoms with E-state index in [4.69, 9.17) is 4.42 Å². The first kappa shape index (κ1) is 13.2. The highest BCUT2D eigenvalue weighted by Crippen LogP contribution is 2.25. The SMILES string of the molecule is Cc1ccc([S@@](=O)Cc2ncc(-c3cccs3)o2)nc1. The van der Waals surface area contributed by atoms with Crippen LogP contribution < -0.4 is 0 Å². The smallest absolute Gasteiger partial charge is 0.208 e. The van der Waals surface area contributed by atoms with Crippen LogP contribution in [0, 0.1) is 6.92 Å². The van der Waals surface area contributed by atoms with Crippen molar-refractivity contribution in [2.45, 2.75) is 17.7 Å². The minimum Gasteiger partial charge on any atom is -0.439 e. The van der Waals surface area contributed by atoms with Crippen molar-refractivity contribution in [2.75, 3.05) is 0 Å². The zero-order valence-electron chi connectivity index (χ0n) is 10.8. The summed E-state index contributed by atoms with van der Waals surface area (Å²) in [5.41, 5.74) is 1.04. The van der Waals surface area contributed by atoms with Gasteiger partial charge < -0.3 is 4.42 Å². The van der Waals surface area contributed by atoms with Crippen molar-refractivity contribution in [1.29, 1.82) is 0 Å². The summed E-state index contributed by atoms with van der Waals surface area (Å²) in [5.74, 6) is 1.42. The molecule has 0 aliphatic rings. The summed E-state index contributed by atoms with van der Waals surface area (Å²) in [6, 6.07) is 7.59. The van der Waals surface area contributed by atoms with E-state index < -0.39 is 10.8 Å². The van der Waals surface area contributed by atoms with Crippen LogP contribution in [-0.4, -0.2) is 14.2 Å². The summed E-state index contributed by atoms with van der Waals surface area (Å²) < 4.78 is 17.8. The van der Waals surface area contributed by atoms with Gasteiger partial charge in [0.2, 0.25) is 5.89 Å². The van der Waals surface area contributed by atoms with E-state index in [-0.39, 0.29) is 5.75 Å². The number of nitrogens with zero attached hydrogens (tertiary/aromatic N) is 2. The normalized spacial score (nSPS) is 12.4. The quantitative estimate of drug-likeness (QED) is 0.741. The third-order valence-electron chi connectivity index (χ3n) is 2.69. The molecule has 0 radical (unpaired) electrons. The Morgan fingerprint density at radius 2 is 2.15 bits per heavy atom. The molecule has 0 aromatic carbocycles. The Kier molecular flexibility index (Phi) is 3.75. The summed E-state index contributed by atoms with van der Waals surface area (Å²) in [7, 11) is -1.24. The molecule has 3 aromatic heterocycles. The fourth-order valence-electron chi connectivity index (χ4n) is 1.68. The number of hydrogen-bond donors (Lipinski definition) is 0. The number of oxazole rings is 1. The number of aryl methyl sites for hydroxylation is 1. The fourth-order valence-corrected chi connectivity index (χ4v) is 3.25. The summed E-state index contributed by atoms with van der Waals surface area (Å²) >= 11 is 1.58. The van der Waals surface area contributed by atoms with Crippen molar-refractivity contribution in [3.63, 3.8) is 0 Å². The van der Waals surface area contributed by atoms with Crippen LogP contribution in [0.2, 0.25) is 0 Å². The highest BCUT2D eigenvalue weighted by atomic mass is 32.2. The number of rotatable bonds is 4. The summed E-state index contributed by atoms with van der Waals surface area (Å²) in [6.07, 6.45) is 3.38. The predicted molar refractivity (Wildman–Crippen MR) is 78.9 cm³/mol. The maximum Gasteiger partial charge on any atom is 0.208 e. The molecule has 0 aliphatic heterocycles. The molecule has 3 aromatic rings. The number of aromatic nitrogens is 2. The molecular formula is C14H12N2O2S2. The summed E-state index contributed by atoms with van der Waals surface area (Å²) in [5, 5.41) is 2.53. The Balaban J connectivity index is 1.75. The van der Waals surface area contributed by atoms with Gasteiger partial charge in [0.1, 0.15) is 10.8 Å². The molecule has 102 valence electrons. The third-order valence-corrected chi connectivity index (χ3v) is 4.79. The molecule has 0 bridgehead atoms. The first-order chi connectivity index (χ1) is 9.72. The van der Waals surface area contributed by atoms with E-state index >= 15 is 0 Å². The Morgan fingerprint density at radius 1 is 1.25 bits per heavy atom. The lowest BCUT2D eigenvalue weighted by atomic mass is 10.3. The molecule has 0 saturated heterocycles. The van der Waals surface area contributed by atoms with E-state index in [2.05, 4.69) is 9.97 Å². The highest BCUT2D eigenvalue weighted by Gasteiger charge is 2.12. The summed E-state index contributed by atoms with van der Waals surface area (Å²) in [6.45, 7) is 1.95. The molecule has 3 heterocycles. The van der Waals surface area contributed by atoms with Crippen LogP contribution in [-0.2, 0) is 16.6 Å². The second-order valence-electron chi connectivity index (χ2n) is 4.26. The monoisotopic (exact) mass is 304 g/mol. The van der Waals surface area contributed by atoms with Crippen LogP contribution in [0.5, 0.6) is 0 Å². The predicted octanol–water partition coefficient (Wildman–Crippen LogP) is 3.41. The maximum absolute atomic E-state index is 12.2. The first-order valence-electron chi connectivity index (χ1n) is 6.02. The zero-order valence-corrected chi connectivity index (χ0v) is 12.4. The van der Waals surface area contributed by atoms with E-state index in [1.54, 1.807) is 29.8 Å². The van der Waals surface area contributed by atoms with Gasteiger partial charge in [0.05, 0.1) is 21.9 Å². The van der Waals surface area contributed by atoms with Crippen LogP contribution >= 0.6 is 11.3 Å². The molecule has 6 heteroatoms. The van der Waals surface area contributed by atoms with Gasteiger partial charge in [-0.1, -0.05) is 12.1 Å². The van der Waals surface area contributed by atoms with Gasteiger partial charge >= 0.3 is 0 Å². The molecule has 0 N–H and O–H groups in total. The number of thiophene rings is 1. The number of hydrogen-bond acceptors (Lipinski definition) is 5. The average molecular weight is 304 g/mol. The highest BCUT2D eigenvalue weighted by molar-refractivity contribution is 7.84. The molecule has 3 rings (SSSR count). The average Bonchev–Trinajstić information content (AvgIpc) is 3.09. The Morgan fingerprint density at radius 3 is 2.85 bits per heavy atom. The van der Waals surface area contributed by atoms with Crippen molar-refractivity contribution < 1.29 is 8.63 Å².